The van der Waals surface area contributed by atoms with Crippen molar-refractivity contribution in [2.24, 2.45) is 0 Å². The second-order valence-corrected chi connectivity index (χ2v) is 5.96. The average Bonchev–Trinajstić information content (AvgIpc) is 2.63. The summed E-state index contributed by atoms with van der Waals surface area (Å²) in [5.41, 5.74) is 0.774. The fourth-order valence-electron chi connectivity index (χ4n) is 2.18. The molecule has 0 aliphatic heterocycles. The standard InChI is InChI=1S/C18H20BrNO5/c1-22-15-9-17(24-3)16(23-2)7-12(15)10-20-18(21)11-25-14-6-4-5-13(19)8-14/h4-9H,10-11H2,1-3H3,(H,20,21). The lowest BCUT2D eigenvalue weighted by Crippen LogP contribution is -2.28. The molecule has 7 heteroatoms. The highest BCUT2D eigenvalue weighted by Crippen LogP contribution is 2.34. The summed E-state index contributed by atoms with van der Waals surface area (Å²) in [6.45, 7) is 0.205. The second-order valence-electron chi connectivity index (χ2n) is 5.04. The smallest absolute Gasteiger partial charge is 0.258 e. The van der Waals surface area contributed by atoms with Crippen LogP contribution in [0.2, 0.25) is 0 Å². The molecule has 2 aromatic rings. The zero-order valence-corrected chi connectivity index (χ0v) is 15.9. The van der Waals surface area contributed by atoms with Crippen LogP contribution in [0.4, 0.5) is 0 Å². The number of amides is 1. The Labute approximate surface area is 155 Å². The van der Waals surface area contributed by atoms with Crippen molar-refractivity contribution in [1.29, 1.82) is 0 Å². The number of halogens is 1. The first-order valence-corrected chi connectivity index (χ1v) is 8.30. The van der Waals surface area contributed by atoms with Gasteiger partial charge in [0, 0.05) is 22.6 Å². The van der Waals surface area contributed by atoms with Gasteiger partial charge in [0.25, 0.3) is 5.91 Å². The predicted molar refractivity (Wildman–Crippen MR) is 97.6 cm³/mol. The Morgan fingerprint density at radius 3 is 2.32 bits per heavy atom. The van der Waals surface area contributed by atoms with Gasteiger partial charge in [0.2, 0.25) is 0 Å². The number of carbonyl (C=O) groups excluding carboxylic acids is 1. The van der Waals surface area contributed by atoms with Crippen LogP contribution in [0.25, 0.3) is 0 Å². The summed E-state index contributed by atoms with van der Waals surface area (Å²) in [6.07, 6.45) is 0. The first kappa shape index (κ1) is 18.9. The van der Waals surface area contributed by atoms with E-state index in [4.69, 9.17) is 18.9 Å². The van der Waals surface area contributed by atoms with E-state index in [1.54, 1.807) is 45.6 Å². The van der Waals surface area contributed by atoms with E-state index in [0.717, 1.165) is 10.0 Å². The van der Waals surface area contributed by atoms with Crippen LogP contribution in [0.5, 0.6) is 23.0 Å². The third-order valence-corrected chi connectivity index (χ3v) is 3.92. The van der Waals surface area contributed by atoms with Gasteiger partial charge < -0.3 is 24.3 Å². The minimum absolute atomic E-state index is 0.0773. The fourth-order valence-corrected chi connectivity index (χ4v) is 2.56. The molecule has 1 N–H and O–H groups in total. The normalized spacial score (nSPS) is 10.1. The Kier molecular flexibility index (Phi) is 6.94. The molecule has 0 aliphatic carbocycles. The van der Waals surface area contributed by atoms with Crippen LogP contribution in [-0.4, -0.2) is 33.8 Å². The number of hydrogen-bond donors (Lipinski definition) is 1. The van der Waals surface area contributed by atoms with E-state index in [9.17, 15) is 4.79 Å². The molecule has 0 fully saturated rings. The average molecular weight is 410 g/mol. The van der Waals surface area contributed by atoms with Crippen molar-refractivity contribution in [2.75, 3.05) is 27.9 Å². The van der Waals surface area contributed by atoms with E-state index in [0.29, 0.717) is 23.0 Å². The van der Waals surface area contributed by atoms with Gasteiger partial charge in [-0.1, -0.05) is 22.0 Å². The molecule has 0 saturated carbocycles. The first-order valence-electron chi connectivity index (χ1n) is 7.51. The number of methoxy groups -OCH3 is 3. The van der Waals surface area contributed by atoms with Gasteiger partial charge in [-0.05, 0) is 24.3 Å². The molecule has 134 valence electrons. The molecule has 0 heterocycles. The van der Waals surface area contributed by atoms with Crippen molar-refractivity contribution in [2.45, 2.75) is 6.54 Å². The van der Waals surface area contributed by atoms with Crippen molar-refractivity contribution in [3.05, 3.63) is 46.4 Å². The summed E-state index contributed by atoms with van der Waals surface area (Å²) < 4.78 is 22.2. The Morgan fingerprint density at radius 1 is 1.00 bits per heavy atom. The van der Waals surface area contributed by atoms with Crippen LogP contribution in [0.3, 0.4) is 0 Å². The molecule has 2 aromatic carbocycles. The molecular formula is C18H20BrNO5. The molecule has 0 saturated heterocycles. The van der Waals surface area contributed by atoms with Gasteiger partial charge >= 0.3 is 0 Å². The van der Waals surface area contributed by atoms with Gasteiger partial charge in [-0.2, -0.15) is 0 Å². The highest BCUT2D eigenvalue weighted by molar-refractivity contribution is 9.10. The van der Waals surface area contributed by atoms with Gasteiger partial charge in [-0.3, -0.25) is 4.79 Å². The van der Waals surface area contributed by atoms with Crippen LogP contribution in [0, 0.1) is 0 Å². The number of nitrogens with one attached hydrogen (secondary N) is 1. The van der Waals surface area contributed by atoms with Gasteiger partial charge in [0.05, 0.1) is 21.3 Å². The molecule has 2 rings (SSSR count). The monoisotopic (exact) mass is 409 g/mol. The van der Waals surface area contributed by atoms with Crippen molar-refractivity contribution >= 4 is 21.8 Å². The molecule has 0 spiro atoms. The van der Waals surface area contributed by atoms with Gasteiger partial charge in [-0.25, -0.2) is 0 Å². The van der Waals surface area contributed by atoms with E-state index < -0.39 is 0 Å². The largest absolute Gasteiger partial charge is 0.496 e. The molecule has 25 heavy (non-hydrogen) atoms. The molecule has 0 unspecified atom stereocenters. The predicted octanol–water partition coefficient (Wildman–Crippen LogP) is 3.17. The molecule has 6 nitrogen and oxygen atoms in total. The fraction of sp³-hybridized carbons (Fsp3) is 0.278. The zero-order valence-electron chi connectivity index (χ0n) is 14.3. The number of benzene rings is 2. The molecule has 0 aliphatic rings. The molecule has 0 radical (unpaired) electrons. The van der Waals surface area contributed by atoms with E-state index in [1.807, 2.05) is 12.1 Å². The molecular weight excluding hydrogens is 390 g/mol. The summed E-state index contributed by atoms with van der Waals surface area (Å²) in [6, 6.07) is 10.8. The van der Waals surface area contributed by atoms with E-state index >= 15 is 0 Å². The molecule has 1 amide bonds. The van der Waals surface area contributed by atoms with Crippen molar-refractivity contribution in [3.63, 3.8) is 0 Å². The maximum atomic E-state index is 12.0. The highest BCUT2D eigenvalue weighted by Gasteiger charge is 2.13. The minimum atomic E-state index is -0.239. The van der Waals surface area contributed by atoms with E-state index in [2.05, 4.69) is 21.2 Å². The maximum absolute atomic E-state index is 12.0. The number of carbonyl (C=O) groups is 1. The van der Waals surface area contributed by atoms with Crippen molar-refractivity contribution in [3.8, 4) is 23.0 Å². The summed E-state index contributed by atoms with van der Waals surface area (Å²) in [5.74, 6) is 2.11. The Morgan fingerprint density at radius 2 is 1.68 bits per heavy atom. The zero-order chi connectivity index (χ0) is 18.2. The lowest BCUT2D eigenvalue weighted by atomic mass is 10.1. The highest BCUT2D eigenvalue weighted by atomic mass is 79.9. The van der Waals surface area contributed by atoms with Crippen molar-refractivity contribution < 1.29 is 23.7 Å². The topological polar surface area (TPSA) is 66.0 Å². The Bertz CT molecular complexity index is 735. The second kappa shape index (κ2) is 9.17. The lowest BCUT2D eigenvalue weighted by molar-refractivity contribution is -0.123. The molecule has 0 bridgehead atoms. The minimum Gasteiger partial charge on any atom is -0.496 e. The van der Waals surface area contributed by atoms with E-state index in [1.165, 1.54) is 0 Å². The van der Waals surface area contributed by atoms with Crippen LogP contribution in [0.15, 0.2) is 40.9 Å². The van der Waals surface area contributed by atoms with Crippen LogP contribution in [-0.2, 0) is 11.3 Å². The number of hydrogen-bond acceptors (Lipinski definition) is 5. The SMILES string of the molecule is COc1cc(OC)c(OC)cc1CNC(=O)COc1cccc(Br)c1. The lowest BCUT2D eigenvalue weighted by Gasteiger charge is -2.14. The molecule has 0 aromatic heterocycles. The van der Waals surface area contributed by atoms with Gasteiger partial charge in [0.15, 0.2) is 18.1 Å². The maximum Gasteiger partial charge on any atom is 0.258 e. The van der Waals surface area contributed by atoms with Crippen molar-refractivity contribution in [1.82, 2.24) is 5.32 Å². The Balaban J connectivity index is 1.96. The van der Waals surface area contributed by atoms with E-state index in [-0.39, 0.29) is 19.1 Å². The van der Waals surface area contributed by atoms with Gasteiger partial charge in [0.1, 0.15) is 11.5 Å². The number of ether oxygens (including phenoxy) is 4. The third kappa shape index (κ3) is 5.29. The summed E-state index contributed by atoms with van der Waals surface area (Å²) in [7, 11) is 4.67. The summed E-state index contributed by atoms with van der Waals surface area (Å²) >= 11 is 3.36. The number of rotatable bonds is 8. The third-order valence-electron chi connectivity index (χ3n) is 3.43. The van der Waals surface area contributed by atoms with Gasteiger partial charge in [-0.15, -0.1) is 0 Å². The summed E-state index contributed by atoms with van der Waals surface area (Å²) in [5, 5.41) is 2.80. The van der Waals surface area contributed by atoms with Crippen LogP contribution >= 0.6 is 15.9 Å². The molecule has 0 atom stereocenters. The quantitative estimate of drug-likeness (QED) is 0.725. The summed E-state index contributed by atoms with van der Waals surface area (Å²) in [4.78, 5) is 12.0. The van der Waals surface area contributed by atoms with Crippen LogP contribution in [0.1, 0.15) is 5.56 Å². The first-order chi connectivity index (χ1) is 12.1. The van der Waals surface area contributed by atoms with Crippen LogP contribution < -0.4 is 24.3 Å². The Hall–Kier alpha value is -2.41.